The first-order valence-corrected chi connectivity index (χ1v) is 8.79. The average Bonchev–Trinajstić information content (AvgIpc) is 3.10. The number of aryl methyl sites for hydroxylation is 1. The highest BCUT2D eigenvalue weighted by Gasteiger charge is 2.30. The second-order valence-electron chi connectivity index (χ2n) is 5.72. The van der Waals surface area contributed by atoms with E-state index in [2.05, 4.69) is 46.5 Å². The van der Waals surface area contributed by atoms with Gasteiger partial charge in [0.2, 0.25) is 0 Å². The number of carbonyl (C=O) groups excluding carboxylic acids is 1. The highest BCUT2D eigenvalue weighted by molar-refractivity contribution is 9.10. The Bertz CT molecular complexity index is 672. The summed E-state index contributed by atoms with van der Waals surface area (Å²) >= 11 is 5.25. The fourth-order valence-electron chi connectivity index (χ4n) is 2.50. The lowest BCUT2D eigenvalue weighted by molar-refractivity contribution is 0.0734. The van der Waals surface area contributed by atoms with Gasteiger partial charge in [0, 0.05) is 33.5 Å². The topological polar surface area (TPSA) is 25.2 Å². The van der Waals surface area contributed by atoms with E-state index >= 15 is 0 Å². The van der Waals surface area contributed by atoms with Crippen molar-refractivity contribution in [3.63, 3.8) is 0 Å². The summed E-state index contributed by atoms with van der Waals surface area (Å²) < 4.78 is 3.10. The minimum atomic E-state index is 0.0890. The molecule has 0 radical (unpaired) electrons. The van der Waals surface area contributed by atoms with Crippen LogP contribution in [0.15, 0.2) is 28.9 Å². The number of thiophene rings is 1. The van der Waals surface area contributed by atoms with Crippen LogP contribution in [0.2, 0.25) is 0 Å². The lowest BCUT2D eigenvalue weighted by Gasteiger charge is -2.24. The van der Waals surface area contributed by atoms with Gasteiger partial charge in [0.25, 0.3) is 5.91 Å². The molecule has 1 aliphatic rings. The molecule has 0 spiro atoms. The Balaban J connectivity index is 1.84. The van der Waals surface area contributed by atoms with E-state index in [1.165, 1.54) is 22.6 Å². The van der Waals surface area contributed by atoms with Gasteiger partial charge in [0.1, 0.15) is 5.69 Å². The summed E-state index contributed by atoms with van der Waals surface area (Å²) in [5.74, 6) is 0.0890. The summed E-state index contributed by atoms with van der Waals surface area (Å²) in [4.78, 5) is 17.2. The first-order chi connectivity index (χ1) is 9.97. The quantitative estimate of drug-likeness (QED) is 0.763. The van der Waals surface area contributed by atoms with Crippen molar-refractivity contribution >= 4 is 33.2 Å². The van der Waals surface area contributed by atoms with Gasteiger partial charge in [0.15, 0.2) is 0 Å². The molecule has 0 saturated heterocycles. The van der Waals surface area contributed by atoms with E-state index in [0.29, 0.717) is 6.04 Å². The molecule has 3 rings (SSSR count). The number of rotatable bonds is 4. The van der Waals surface area contributed by atoms with Crippen LogP contribution in [0, 0.1) is 6.92 Å². The minimum Gasteiger partial charge on any atom is -0.339 e. The molecule has 0 aliphatic heterocycles. The minimum absolute atomic E-state index is 0.0890. The molecule has 1 amide bonds. The molecule has 2 heterocycles. The molecule has 3 nitrogen and oxygen atoms in total. The predicted molar refractivity (Wildman–Crippen MR) is 90.0 cm³/mol. The van der Waals surface area contributed by atoms with Gasteiger partial charge in [-0.3, -0.25) is 4.79 Å². The second-order valence-corrected chi connectivity index (χ2v) is 7.96. The number of nitrogens with zero attached hydrogens (tertiary/aromatic N) is 2. The Morgan fingerprint density at radius 3 is 2.76 bits per heavy atom. The molecule has 5 heteroatoms. The first-order valence-electron chi connectivity index (χ1n) is 7.18. The third-order valence-corrected chi connectivity index (χ3v) is 5.65. The predicted octanol–water partition coefficient (Wildman–Crippen LogP) is 4.79. The summed E-state index contributed by atoms with van der Waals surface area (Å²) in [5.41, 5.74) is 0.784. The number of amides is 1. The van der Waals surface area contributed by atoms with Crippen molar-refractivity contribution in [1.82, 2.24) is 9.47 Å². The van der Waals surface area contributed by atoms with Crippen LogP contribution < -0.4 is 0 Å². The van der Waals surface area contributed by atoms with Gasteiger partial charge in [0.05, 0.1) is 6.04 Å². The standard InChI is InChI=1S/C16H19BrN2OS/c1-10-4-7-15(21-10)11(2)18(3)16(20)14-8-12(17)9-19(14)13-5-6-13/h4,7-9,11,13H,5-6H2,1-3H3. The summed E-state index contributed by atoms with van der Waals surface area (Å²) in [7, 11) is 1.89. The summed E-state index contributed by atoms with van der Waals surface area (Å²) in [6.45, 7) is 4.18. The average molecular weight is 367 g/mol. The molecule has 0 N–H and O–H groups in total. The van der Waals surface area contributed by atoms with Crippen molar-refractivity contribution < 1.29 is 4.79 Å². The Hall–Kier alpha value is -1.07. The van der Waals surface area contributed by atoms with Crippen LogP contribution in [-0.2, 0) is 0 Å². The maximum Gasteiger partial charge on any atom is 0.270 e. The van der Waals surface area contributed by atoms with E-state index in [4.69, 9.17) is 0 Å². The van der Waals surface area contributed by atoms with Crippen LogP contribution in [-0.4, -0.2) is 22.4 Å². The van der Waals surface area contributed by atoms with E-state index in [1.54, 1.807) is 11.3 Å². The number of carbonyl (C=O) groups is 1. The molecule has 1 fully saturated rings. The second kappa shape index (κ2) is 5.61. The fraction of sp³-hybridized carbons (Fsp3) is 0.438. The largest absolute Gasteiger partial charge is 0.339 e. The van der Waals surface area contributed by atoms with E-state index < -0.39 is 0 Å². The SMILES string of the molecule is Cc1ccc(C(C)N(C)C(=O)c2cc(Br)cn2C2CC2)s1. The molecule has 1 aliphatic carbocycles. The van der Waals surface area contributed by atoms with Crippen molar-refractivity contribution in [3.8, 4) is 0 Å². The number of hydrogen-bond acceptors (Lipinski definition) is 2. The number of hydrogen-bond donors (Lipinski definition) is 0. The van der Waals surface area contributed by atoms with Gasteiger partial charge in [-0.1, -0.05) is 0 Å². The molecule has 2 aromatic rings. The zero-order chi connectivity index (χ0) is 15.1. The van der Waals surface area contributed by atoms with Crippen molar-refractivity contribution in [2.75, 3.05) is 7.05 Å². The fourth-order valence-corrected chi connectivity index (χ4v) is 3.91. The van der Waals surface area contributed by atoms with Gasteiger partial charge >= 0.3 is 0 Å². The van der Waals surface area contributed by atoms with Crippen molar-refractivity contribution in [3.05, 3.63) is 44.3 Å². The smallest absolute Gasteiger partial charge is 0.270 e. The van der Waals surface area contributed by atoms with E-state index in [-0.39, 0.29) is 11.9 Å². The van der Waals surface area contributed by atoms with E-state index in [1.807, 2.05) is 24.2 Å². The molecule has 0 bridgehead atoms. The van der Waals surface area contributed by atoms with Crippen molar-refractivity contribution in [1.29, 1.82) is 0 Å². The molecular weight excluding hydrogens is 348 g/mol. The Morgan fingerprint density at radius 1 is 1.48 bits per heavy atom. The summed E-state index contributed by atoms with van der Waals surface area (Å²) in [5, 5.41) is 0. The Kier molecular flexibility index (Phi) is 3.97. The van der Waals surface area contributed by atoms with Crippen LogP contribution in [0.5, 0.6) is 0 Å². The molecule has 21 heavy (non-hydrogen) atoms. The third kappa shape index (κ3) is 2.94. The normalized spacial score (nSPS) is 16.0. The highest BCUT2D eigenvalue weighted by atomic mass is 79.9. The zero-order valence-electron chi connectivity index (χ0n) is 12.5. The first kappa shape index (κ1) is 14.9. The van der Waals surface area contributed by atoms with Crippen LogP contribution in [0.4, 0.5) is 0 Å². The number of aromatic nitrogens is 1. The Labute approximate surface area is 137 Å². The maximum atomic E-state index is 12.8. The highest BCUT2D eigenvalue weighted by Crippen LogP contribution is 2.38. The Morgan fingerprint density at radius 2 is 2.19 bits per heavy atom. The van der Waals surface area contributed by atoms with Gasteiger partial charge in [-0.05, 0) is 60.8 Å². The van der Waals surface area contributed by atoms with E-state index in [0.717, 1.165) is 10.2 Å². The van der Waals surface area contributed by atoms with Gasteiger partial charge in [-0.15, -0.1) is 11.3 Å². The molecular formula is C16H19BrN2OS. The van der Waals surface area contributed by atoms with E-state index in [9.17, 15) is 4.79 Å². The summed E-state index contributed by atoms with van der Waals surface area (Å²) in [6.07, 6.45) is 4.37. The molecule has 1 unspecified atom stereocenters. The van der Waals surface area contributed by atoms with Gasteiger partial charge in [-0.25, -0.2) is 0 Å². The number of halogens is 1. The molecule has 1 atom stereocenters. The molecule has 0 aromatic carbocycles. The van der Waals surface area contributed by atoms with Crippen molar-refractivity contribution in [2.45, 2.75) is 38.8 Å². The molecule has 1 saturated carbocycles. The van der Waals surface area contributed by atoms with Crippen LogP contribution in [0.3, 0.4) is 0 Å². The van der Waals surface area contributed by atoms with Gasteiger partial charge < -0.3 is 9.47 Å². The third-order valence-electron chi connectivity index (χ3n) is 4.05. The molecule has 2 aromatic heterocycles. The summed E-state index contributed by atoms with van der Waals surface area (Å²) in [6, 6.07) is 6.76. The lowest BCUT2D eigenvalue weighted by Crippen LogP contribution is -2.30. The van der Waals surface area contributed by atoms with Crippen LogP contribution >= 0.6 is 27.3 Å². The maximum absolute atomic E-state index is 12.8. The zero-order valence-corrected chi connectivity index (χ0v) is 14.9. The monoisotopic (exact) mass is 366 g/mol. The lowest BCUT2D eigenvalue weighted by atomic mass is 10.2. The van der Waals surface area contributed by atoms with Crippen LogP contribution in [0.1, 0.15) is 52.1 Å². The van der Waals surface area contributed by atoms with Crippen LogP contribution in [0.25, 0.3) is 0 Å². The van der Waals surface area contributed by atoms with Gasteiger partial charge in [-0.2, -0.15) is 0 Å². The molecule has 112 valence electrons. The van der Waals surface area contributed by atoms with Crippen molar-refractivity contribution in [2.24, 2.45) is 0 Å².